The van der Waals surface area contributed by atoms with E-state index in [1.807, 2.05) is 0 Å². The van der Waals surface area contributed by atoms with E-state index in [1.54, 1.807) is 4.98 Å². The number of hydrogen-bond acceptors (Lipinski definition) is 7. The van der Waals surface area contributed by atoms with E-state index in [0.29, 0.717) is 17.7 Å². The third kappa shape index (κ3) is 5.83. The number of alkyl halides is 3. The number of nitrogens with zero attached hydrogens (tertiary/aromatic N) is 2. The fraction of sp³-hybridized carbons (Fsp3) is 0.0526. The Labute approximate surface area is 207 Å². The minimum atomic E-state index is -4.79. The van der Waals surface area contributed by atoms with Gasteiger partial charge in [0.05, 0.1) is 24.4 Å². The molecule has 2 N–H and O–H groups in total. The lowest BCUT2D eigenvalue weighted by Gasteiger charge is -2.13. The SMILES string of the molecule is O=c1[nH]c(/C=C/c2cc(Br)c(Oc3ccc(C(F)(F)F)cc3[N+](=O)[O-])c(Br)c2)c([N+](=O)[O-])c(=O)[nH]1. The number of hydrogen-bond donors (Lipinski definition) is 2. The van der Waals surface area contributed by atoms with Crippen LogP contribution in [0.15, 0.2) is 48.9 Å². The zero-order valence-electron chi connectivity index (χ0n) is 16.7. The highest BCUT2D eigenvalue weighted by Crippen LogP contribution is 2.42. The van der Waals surface area contributed by atoms with Crippen LogP contribution in [0.25, 0.3) is 12.2 Å². The molecule has 0 atom stereocenters. The summed E-state index contributed by atoms with van der Waals surface area (Å²) >= 11 is 6.38. The number of rotatable bonds is 6. The van der Waals surface area contributed by atoms with Crippen molar-refractivity contribution in [1.82, 2.24) is 9.97 Å². The number of nitro benzene ring substituents is 1. The maximum Gasteiger partial charge on any atom is 0.416 e. The van der Waals surface area contributed by atoms with Crippen molar-refractivity contribution in [1.29, 1.82) is 0 Å². The van der Waals surface area contributed by atoms with Crippen molar-refractivity contribution in [3.05, 3.63) is 97.2 Å². The van der Waals surface area contributed by atoms with Crippen LogP contribution in [0.2, 0.25) is 0 Å². The van der Waals surface area contributed by atoms with E-state index in [-0.39, 0.29) is 20.4 Å². The summed E-state index contributed by atoms with van der Waals surface area (Å²) in [7, 11) is 0. The van der Waals surface area contributed by atoms with Gasteiger partial charge in [0.15, 0.2) is 5.75 Å². The van der Waals surface area contributed by atoms with E-state index in [4.69, 9.17) is 4.74 Å². The molecule has 2 aromatic carbocycles. The molecule has 0 spiro atoms. The molecule has 0 saturated carbocycles. The van der Waals surface area contributed by atoms with E-state index in [0.717, 1.165) is 12.1 Å². The number of halogens is 5. The number of ether oxygens (including phenoxy) is 1. The minimum absolute atomic E-state index is 0.0134. The number of aromatic nitrogens is 2. The van der Waals surface area contributed by atoms with E-state index in [1.165, 1.54) is 18.2 Å². The van der Waals surface area contributed by atoms with Crippen LogP contribution in [-0.4, -0.2) is 19.8 Å². The summed E-state index contributed by atoms with van der Waals surface area (Å²) in [5.74, 6) is -0.468. The first-order valence-electron chi connectivity index (χ1n) is 8.99. The van der Waals surface area contributed by atoms with Gasteiger partial charge in [-0.05, 0) is 67.8 Å². The van der Waals surface area contributed by atoms with E-state index < -0.39 is 50.0 Å². The van der Waals surface area contributed by atoms with Gasteiger partial charge < -0.3 is 9.72 Å². The zero-order chi connectivity index (χ0) is 26.1. The molecule has 0 aliphatic carbocycles. The summed E-state index contributed by atoms with van der Waals surface area (Å²) in [6, 6.07) is 4.64. The van der Waals surface area contributed by atoms with E-state index in [9.17, 15) is 43.0 Å². The highest BCUT2D eigenvalue weighted by atomic mass is 79.9. The van der Waals surface area contributed by atoms with Gasteiger partial charge in [0.2, 0.25) is 5.75 Å². The highest BCUT2D eigenvalue weighted by Gasteiger charge is 2.33. The Bertz CT molecular complexity index is 1480. The molecule has 0 aliphatic rings. The van der Waals surface area contributed by atoms with Crippen LogP contribution in [0.5, 0.6) is 11.5 Å². The standard InChI is InChI=1S/C19H9Br2F3N4O7/c20-10-5-8(1-3-12-15(28(33)34)17(29)26-18(30)25-12)6-11(21)16(10)35-14-4-2-9(19(22,23)24)7-13(14)27(31)32/h1-7H,(H2,25,26,29,30)/b3-1+. The van der Waals surface area contributed by atoms with Crippen LogP contribution in [0.1, 0.15) is 16.8 Å². The van der Waals surface area contributed by atoms with Crippen molar-refractivity contribution >= 4 is 55.4 Å². The summed E-state index contributed by atoms with van der Waals surface area (Å²) in [6.45, 7) is 0. The Hall–Kier alpha value is -3.79. The maximum absolute atomic E-state index is 12.9. The Morgan fingerprint density at radius 3 is 2.11 bits per heavy atom. The number of benzene rings is 2. The quantitative estimate of drug-likeness (QED) is 0.276. The minimum Gasteiger partial charge on any atom is -0.448 e. The third-order valence-corrected chi connectivity index (χ3v) is 5.46. The zero-order valence-corrected chi connectivity index (χ0v) is 19.9. The fourth-order valence-corrected chi connectivity index (χ4v) is 4.17. The van der Waals surface area contributed by atoms with Crippen LogP contribution in [-0.2, 0) is 6.18 Å². The third-order valence-electron chi connectivity index (χ3n) is 4.29. The summed E-state index contributed by atoms with van der Waals surface area (Å²) < 4.78 is 44.6. The topological polar surface area (TPSA) is 161 Å². The summed E-state index contributed by atoms with van der Waals surface area (Å²) in [5, 5.41) is 22.4. The molecule has 0 amide bonds. The first-order valence-corrected chi connectivity index (χ1v) is 10.6. The van der Waals surface area contributed by atoms with Gasteiger partial charge in [0.25, 0.3) is 0 Å². The predicted octanol–water partition coefficient (Wildman–Crippen LogP) is 5.39. The second kappa shape index (κ2) is 9.83. The molecular formula is C19H9Br2F3N4O7. The van der Waals surface area contributed by atoms with Crippen LogP contribution < -0.4 is 16.0 Å². The largest absolute Gasteiger partial charge is 0.448 e. The van der Waals surface area contributed by atoms with E-state index in [2.05, 4.69) is 36.8 Å². The normalized spacial score (nSPS) is 11.6. The van der Waals surface area contributed by atoms with Crippen LogP contribution >= 0.6 is 31.9 Å². The van der Waals surface area contributed by atoms with Crippen molar-refractivity contribution in [2.24, 2.45) is 0 Å². The second-order valence-electron chi connectivity index (χ2n) is 6.61. The van der Waals surface area contributed by atoms with Crippen molar-refractivity contribution < 1.29 is 27.8 Å². The Balaban J connectivity index is 1.98. The first-order chi connectivity index (χ1) is 16.3. The molecule has 16 heteroatoms. The van der Waals surface area contributed by atoms with Crippen molar-refractivity contribution in [3.63, 3.8) is 0 Å². The predicted molar refractivity (Wildman–Crippen MR) is 123 cm³/mol. The lowest BCUT2D eigenvalue weighted by molar-refractivity contribution is -0.386. The molecule has 182 valence electrons. The molecule has 3 aromatic rings. The molecule has 0 radical (unpaired) electrons. The Kier molecular flexibility index (Phi) is 7.25. The van der Waals surface area contributed by atoms with Gasteiger partial charge in [-0.2, -0.15) is 13.2 Å². The summed E-state index contributed by atoms with van der Waals surface area (Å²) in [4.78, 5) is 47.5. The number of nitrogens with one attached hydrogen (secondary N) is 2. The molecule has 0 aliphatic heterocycles. The lowest BCUT2D eigenvalue weighted by atomic mass is 10.1. The smallest absolute Gasteiger partial charge is 0.416 e. The van der Waals surface area contributed by atoms with Gasteiger partial charge in [-0.3, -0.25) is 30.0 Å². The molecule has 1 aromatic heterocycles. The number of H-pyrrole nitrogens is 2. The molecule has 11 nitrogen and oxygen atoms in total. The monoisotopic (exact) mass is 620 g/mol. The first kappa shape index (κ1) is 25.8. The van der Waals surface area contributed by atoms with Crippen molar-refractivity contribution in [3.8, 4) is 11.5 Å². The van der Waals surface area contributed by atoms with Crippen LogP contribution in [0, 0.1) is 20.2 Å². The average molecular weight is 622 g/mol. The van der Waals surface area contributed by atoms with Gasteiger partial charge >= 0.3 is 28.8 Å². The maximum atomic E-state index is 12.9. The van der Waals surface area contributed by atoms with Gasteiger partial charge in [-0.15, -0.1) is 0 Å². The Morgan fingerprint density at radius 1 is 0.943 bits per heavy atom. The lowest BCUT2D eigenvalue weighted by Crippen LogP contribution is -2.25. The number of nitro groups is 2. The van der Waals surface area contributed by atoms with Crippen molar-refractivity contribution in [2.75, 3.05) is 0 Å². The highest BCUT2D eigenvalue weighted by molar-refractivity contribution is 9.11. The number of aromatic amines is 2. The van der Waals surface area contributed by atoms with Crippen molar-refractivity contribution in [2.45, 2.75) is 6.18 Å². The molecule has 0 saturated heterocycles. The molecule has 1 heterocycles. The average Bonchev–Trinajstić information content (AvgIpc) is 2.73. The summed E-state index contributed by atoms with van der Waals surface area (Å²) in [6.07, 6.45) is -2.36. The van der Waals surface area contributed by atoms with Gasteiger partial charge in [-0.1, -0.05) is 6.08 Å². The molecular weight excluding hydrogens is 613 g/mol. The van der Waals surface area contributed by atoms with Crippen LogP contribution in [0.3, 0.4) is 0 Å². The van der Waals surface area contributed by atoms with E-state index >= 15 is 0 Å². The molecule has 0 fully saturated rings. The van der Waals surface area contributed by atoms with Gasteiger partial charge in [0.1, 0.15) is 5.69 Å². The summed E-state index contributed by atoms with van der Waals surface area (Å²) in [5.41, 5.74) is -5.15. The van der Waals surface area contributed by atoms with Gasteiger partial charge in [-0.25, -0.2) is 4.79 Å². The molecule has 3 rings (SSSR count). The Morgan fingerprint density at radius 2 is 1.57 bits per heavy atom. The van der Waals surface area contributed by atoms with Gasteiger partial charge in [0, 0.05) is 6.07 Å². The molecule has 0 unspecified atom stereocenters. The van der Waals surface area contributed by atoms with Crippen LogP contribution in [0.4, 0.5) is 24.5 Å². The molecule has 0 bridgehead atoms. The second-order valence-corrected chi connectivity index (χ2v) is 8.32. The molecule has 35 heavy (non-hydrogen) atoms. The fourth-order valence-electron chi connectivity index (χ4n) is 2.78.